The zero-order valence-corrected chi connectivity index (χ0v) is 11.3. The van der Waals surface area contributed by atoms with Crippen molar-refractivity contribution in [2.45, 2.75) is 13.3 Å². The monoisotopic (exact) mass is 287 g/mol. The molecule has 0 aromatic heterocycles. The standard InChI is InChI=1S/C15H14BrN/c1-2-3-4-9-17-15-8-6-12-10-14(16)7-5-13(12)11-15/h5-8,10-11,17H,4,9H2,1H3. The summed E-state index contributed by atoms with van der Waals surface area (Å²) in [6, 6.07) is 12.7. The molecule has 0 aliphatic rings. The van der Waals surface area contributed by atoms with Crippen molar-refractivity contribution in [3.8, 4) is 11.8 Å². The van der Waals surface area contributed by atoms with Crippen LogP contribution in [-0.4, -0.2) is 6.54 Å². The lowest BCUT2D eigenvalue weighted by Crippen LogP contribution is -1.99. The first-order chi connectivity index (χ1) is 8.29. The molecule has 0 fully saturated rings. The Morgan fingerprint density at radius 2 is 1.88 bits per heavy atom. The molecule has 86 valence electrons. The van der Waals surface area contributed by atoms with Gasteiger partial charge in [0.2, 0.25) is 0 Å². The van der Waals surface area contributed by atoms with E-state index in [1.54, 1.807) is 0 Å². The maximum absolute atomic E-state index is 3.48. The molecule has 2 aromatic carbocycles. The molecule has 17 heavy (non-hydrogen) atoms. The van der Waals surface area contributed by atoms with E-state index in [-0.39, 0.29) is 0 Å². The fourth-order valence-electron chi connectivity index (χ4n) is 1.72. The first-order valence-corrected chi connectivity index (χ1v) is 6.42. The first-order valence-electron chi connectivity index (χ1n) is 5.62. The summed E-state index contributed by atoms with van der Waals surface area (Å²) in [6.07, 6.45) is 0.884. The van der Waals surface area contributed by atoms with Gasteiger partial charge in [0.25, 0.3) is 0 Å². The lowest BCUT2D eigenvalue weighted by molar-refractivity contribution is 1.10. The molecule has 0 radical (unpaired) electrons. The van der Waals surface area contributed by atoms with Crippen LogP contribution in [0.4, 0.5) is 5.69 Å². The number of anilines is 1. The molecular formula is C15H14BrN. The molecule has 1 nitrogen and oxygen atoms in total. The molecule has 2 heteroatoms. The number of hydrogen-bond donors (Lipinski definition) is 1. The molecule has 2 aromatic rings. The summed E-state index contributed by atoms with van der Waals surface area (Å²) in [7, 11) is 0. The molecule has 0 aliphatic carbocycles. The Morgan fingerprint density at radius 1 is 1.12 bits per heavy atom. The van der Waals surface area contributed by atoms with Crippen LogP contribution >= 0.6 is 15.9 Å². The quantitative estimate of drug-likeness (QED) is 0.651. The average molecular weight is 288 g/mol. The highest BCUT2D eigenvalue weighted by Crippen LogP contribution is 2.22. The third-order valence-corrected chi connectivity index (χ3v) is 3.05. The van der Waals surface area contributed by atoms with Crippen molar-refractivity contribution in [2.24, 2.45) is 0 Å². The Kier molecular flexibility index (Phi) is 4.06. The van der Waals surface area contributed by atoms with Crippen molar-refractivity contribution in [3.63, 3.8) is 0 Å². The van der Waals surface area contributed by atoms with Crippen molar-refractivity contribution < 1.29 is 0 Å². The summed E-state index contributed by atoms with van der Waals surface area (Å²) in [6.45, 7) is 2.76. The number of hydrogen-bond acceptors (Lipinski definition) is 1. The summed E-state index contributed by atoms with van der Waals surface area (Å²) in [5.41, 5.74) is 1.15. The first kappa shape index (κ1) is 12.0. The van der Waals surface area contributed by atoms with Crippen LogP contribution in [0.1, 0.15) is 13.3 Å². The van der Waals surface area contributed by atoms with Gasteiger partial charge in [0.1, 0.15) is 0 Å². The normalized spacial score (nSPS) is 9.76. The van der Waals surface area contributed by atoms with Crippen molar-refractivity contribution in [1.29, 1.82) is 0 Å². The fraction of sp³-hybridized carbons (Fsp3) is 0.200. The van der Waals surface area contributed by atoms with Crippen LogP contribution < -0.4 is 5.32 Å². The maximum Gasteiger partial charge on any atom is 0.0346 e. The Hall–Kier alpha value is -1.46. The molecule has 0 amide bonds. The summed E-state index contributed by atoms with van der Waals surface area (Å²) < 4.78 is 1.11. The molecule has 0 spiro atoms. The van der Waals surface area contributed by atoms with Gasteiger partial charge in [-0.25, -0.2) is 0 Å². The molecule has 1 N–H and O–H groups in total. The van der Waals surface area contributed by atoms with Crippen molar-refractivity contribution in [2.75, 3.05) is 11.9 Å². The van der Waals surface area contributed by atoms with E-state index in [0.717, 1.165) is 23.1 Å². The van der Waals surface area contributed by atoms with Crippen LogP contribution in [0.2, 0.25) is 0 Å². The molecule has 0 saturated heterocycles. The lowest BCUT2D eigenvalue weighted by Gasteiger charge is -2.06. The number of rotatable bonds is 3. The van der Waals surface area contributed by atoms with Crippen LogP contribution in [-0.2, 0) is 0 Å². The number of nitrogens with one attached hydrogen (secondary N) is 1. The van der Waals surface area contributed by atoms with E-state index in [0.29, 0.717) is 0 Å². The van der Waals surface area contributed by atoms with Gasteiger partial charge in [-0.15, -0.1) is 11.8 Å². The predicted molar refractivity (Wildman–Crippen MR) is 78.2 cm³/mol. The van der Waals surface area contributed by atoms with E-state index in [9.17, 15) is 0 Å². The maximum atomic E-state index is 3.48. The smallest absolute Gasteiger partial charge is 0.0346 e. The van der Waals surface area contributed by atoms with Gasteiger partial charge in [-0.2, -0.15) is 0 Å². The number of fused-ring (bicyclic) bond motifs is 1. The van der Waals surface area contributed by atoms with Gasteiger partial charge in [-0.1, -0.05) is 28.1 Å². The zero-order valence-electron chi connectivity index (χ0n) is 9.76. The molecule has 0 saturated carbocycles. The van der Waals surface area contributed by atoms with E-state index < -0.39 is 0 Å². The van der Waals surface area contributed by atoms with Gasteiger partial charge in [0, 0.05) is 23.1 Å². The van der Waals surface area contributed by atoms with Gasteiger partial charge < -0.3 is 5.32 Å². The largest absolute Gasteiger partial charge is 0.384 e. The average Bonchev–Trinajstić information content (AvgIpc) is 2.35. The minimum Gasteiger partial charge on any atom is -0.384 e. The highest BCUT2D eigenvalue weighted by Gasteiger charge is 1.96. The van der Waals surface area contributed by atoms with Crippen LogP contribution in [0.5, 0.6) is 0 Å². The topological polar surface area (TPSA) is 12.0 Å². The Morgan fingerprint density at radius 3 is 2.71 bits per heavy atom. The summed E-state index contributed by atoms with van der Waals surface area (Å²) in [5, 5.41) is 5.87. The Labute approximate surface area is 110 Å². The molecule has 0 bridgehead atoms. The fourth-order valence-corrected chi connectivity index (χ4v) is 2.10. The minimum absolute atomic E-state index is 0.884. The summed E-state index contributed by atoms with van der Waals surface area (Å²) in [5.74, 6) is 5.94. The van der Waals surface area contributed by atoms with E-state index in [1.165, 1.54) is 10.8 Å². The van der Waals surface area contributed by atoms with E-state index in [2.05, 4.69) is 69.5 Å². The van der Waals surface area contributed by atoms with Crippen molar-refractivity contribution >= 4 is 32.4 Å². The third kappa shape index (κ3) is 3.25. The van der Waals surface area contributed by atoms with Crippen LogP contribution in [0, 0.1) is 11.8 Å². The van der Waals surface area contributed by atoms with Gasteiger partial charge in [0.05, 0.1) is 0 Å². The third-order valence-electron chi connectivity index (χ3n) is 2.56. The van der Waals surface area contributed by atoms with Crippen LogP contribution in [0.25, 0.3) is 10.8 Å². The number of benzene rings is 2. The van der Waals surface area contributed by atoms with Crippen molar-refractivity contribution in [3.05, 3.63) is 40.9 Å². The molecule has 2 rings (SSSR count). The van der Waals surface area contributed by atoms with E-state index in [1.807, 2.05) is 6.92 Å². The van der Waals surface area contributed by atoms with Crippen LogP contribution in [0.3, 0.4) is 0 Å². The Balaban J connectivity index is 2.13. The summed E-state index contributed by atoms with van der Waals surface area (Å²) >= 11 is 3.48. The van der Waals surface area contributed by atoms with Crippen molar-refractivity contribution in [1.82, 2.24) is 0 Å². The second-order valence-electron chi connectivity index (χ2n) is 3.81. The number of halogens is 1. The highest BCUT2D eigenvalue weighted by atomic mass is 79.9. The van der Waals surface area contributed by atoms with Gasteiger partial charge >= 0.3 is 0 Å². The van der Waals surface area contributed by atoms with E-state index >= 15 is 0 Å². The second kappa shape index (κ2) is 5.75. The molecule has 0 heterocycles. The molecule has 0 unspecified atom stereocenters. The van der Waals surface area contributed by atoms with Crippen LogP contribution in [0.15, 0.2) is 40.9 Å². The molecular weight excluding hydrogens is 274 g/mol. The SMILES string of the molecule is CC#CCCNc1ccc2cc(Br)ccc2c1. The molecule has 0 aliphatic heterocycles. The van der Waals surface area contributed by atoms with Gasteiger partial charge in [-0.3, -0.25) is 0 Å². The van der Waals surface area contributed by atoms with E-state index in [4.69, 9.17) is 0 Å². The minimum atomic E-state index is 0.884. The highest BCUT2D eigenvalue weighted by molar-refractivity contribution is 9.10. The second-order valence-corrected chi connectivity index (χ2v) is 4.73. The predicted octanol–water partition coefficient (Wildman–Crippen LogP) is 4.43. The zero-order chi connectivity index (χ0) is 12.1. The Bertz CT molecular complexity index is 578. The van der Waals surface area contributed by atoms with Gasteiger partial charge in [0.15, 0.2) is 0 Å². The van der Waals surface area contributed by atoms with Gasteiger partial charge in [-0.05, 0) is 42.0 Å². The molecule has 0 atom stereocenters. The summed E-state index contributed by atoms with van der Waals surface area (Å²) in [4.78, 5) is 0. The lowest BCUT2D eigenvalue weighted by atomic mass is 10.1.